The predicted octanol–water partition coefficient (Wildman–Crippen LogP) is 1.77. The van der Waals surface area contributed by atoms with Gasteiger partial charge >= 0.3 is 5.97 Å². The summed E-state index contributed by atoms with van der Waals surface area (Å²) in [7, 11) is 1.32. The third-order valence-corrected chi connectivity index (χ3v) is 3.06. The first-order valence-electron chi connectivity index (χ1n) is 6.10. The number of aromatic nitrogens is 2. The average Bonchev–Trinajstić information content (AvgIpc) is 2.41. The highest BCUT2D eigenvalue weighted by Gasteiger charge is 2.26. The summed E-state index contributed by atoms with van der Waals surface area (Å²) in [6.07, 6.45) is 1.41. The second-order valence-electron chi connectivity index (χ2n) is 4.69. The molecule has 0 saturated carbocycles. The Morgan fingerprint density at radius 2 is 2.00 bits per heavy atom. The van der Waals surface area contributed by atoms with Crippen LogP contribution >= 0.6 is 0 Å². The molecule has 100 valence electrons. The number of ether oxygens (including phenoxy) is 1. The number of methoxy groups -OCH3 is 1. The Balaban J connectivity index is 2.64. The van der Waals surface area contributed by atoms with Gasteiger partial charge in [0.05, 0.1) is 24.3 Å². The van der Waals surface area contributed by atoms with E-state index in [0.29, 0.717) is 10.9 Å². The Morgan fingerprint density at radius 3 is 2.63 bits per heavy atom. The van der Waals surface area contributed by atoms with Crippen molar-refractivity contribution in [1.82, 2.24) is 9.55 Å². The van der Waals surface area contributed by atoms with E-state index in [-0.39, 0.29) is 11.5 Å². The molecular weight excluding hydrogens is 244 g/mol. The molecule has 0 spiro atoms. The summed E-state index contributed by atoms with van der Waals surface area (Å²) in [6, 6.07) is 6.41. The van der Waals surface area contributed by atoms with Crippen LogP contribution in [-0.4, -0.2) is 22.6 Å². The molecule has 0 aliphatic carbocycles. The van der Waals surface area contributed by atoms with Gasteiger partial charge < -0.3 is 4.74 Å². The zero-order chi connectivity index (χ0) is 14.0. The second-order valence-corrected chi connectivity index (χ2v) is 4.69. The molecule has 1 aromatic carbocycles. The molecule has 0 N–H and O–H groups in total. The van der Waals surface area contributed by atoms with Crippen molar-refractivity contribution in [3.05, 3.63) is 40.9 Å². The summed E-state index contributed by atoms with van der Waals surface area (Å²) in [5.74, 6) is -0.498. The number of esters is 1. The molecule has 19 heavy (non-hydrogen) atoms. The van der Waals surface area contributed by atoms with Crippen molar-refractivity contribution in [1.29, 1.82) is 0 Å². The molecule has 0 unspecified atom stereocenters. The number of nitrogens with zero attached hydrogens (tertiary/aromatic N) is 2. The number of fused-ring (bicyclic) bond motifs is 1. The van der Waals surface area contributed by atoms with Gasteiger partial charge in [0.15, 0.2) is 0 Å². The van der Waals surface area contributed by atoms with Gasteiger partial charge in [0.2, 0.25) is 0 Å². The molecule has 0 amide bonds. The molecular formula is C14H16N2O3. The number of hydrogen-bond donors (Lipinski definition) is 0. The van der Waals surface area contributed by atoms with Crippen molar-refractivity contribution in [2.45, 2.75) is 19.9 Å². The van der Waals surface area contributed by atoms with Gasteiger partial charge in [0.25, 0.3) is 5.56 Å². The Bertz CT molecular complexity index is 661. The average molecular weight is 260 g/mol. The highest BCUT2D eigenvalue weighted by Crippen LogP contribution is 2.18. The first-order valence-corrected chi connectivity index (χ1v) is 6.10. The fourth-order valence-corrected chi connectivity index (χ4v) is 2.11. The molecule has 2 aromatic rings. The summed E-state index contributed by atoms with van der Waals surface area (Å²) >= 11 is 0. The van der Waals surface area contributed by atoms with Crippen molar-refractivity contribution in [2.75, 3.05) is 7.11 Å². The molecule has 1 atom stereocenters. The maximum atomic E-state index is 12.4. The third kappa shape index (κ3) is 2.36. The highest BCUT2D eigenvalue weighted by atomic mass is 16.5. The van der Waals surface area contributed by atoms with Gasteiger partial charge in [-0.05, 0) is 18.1 Å². The molecule has 5 nitrogen and oxygen atoms in total. The van der Waals surface area contributed by atoms with Gasteiger partial charge in [-0.1, -0.05) is 26.0 Å². The van der Waals surface area contributed by atoms with Crippen molar-refractivity contribution < 1.29 is 9.53 Å². The molecule has 0 fully saturated rings. The van der Waals surface area contributed by atoms with Crippen LogP contribution in [0.1, 0.15) is 19.9 Å². The Morgan fingerprint density at radius 1 is 1.32 bits per heavy atom. The predicted molar refractivity (Wildman–Crippen MR) is 71.9 cm³/mol. The van der Waals surface area contributed by atoms with Crippen molar-refractivity contribution in [2.24, 2.45) is 5.92 Å². The maximum absolute atomic E-state index is 12.4. The van der Waals surface area contributed by atoms with E-state index >= 15 is 0 Å². The smallest absolute Gasteiger partial charge is 0.329 e. The van der Waals surface area contributed by atoms with E-state index in [4.69, 9.17) is 4.74 Å². The van der Waals surface area contributed by atoms with Crippen LogP contribution < -0.4 is 5.56 Å². The highest BCUT2D eigenvalue weighted by molar-refractivity contribution is 5.78. The van der Waals surface area contributed by atoms with Crippen LogP contribution in [0.5, 0.6) is 0 Å². The zero-order valence-corrected chi connectivity index (χ0v) is 11.2. The molecule has 0 saturated heterocycles. The Labute approximate surface area is 110 Å². The van der Waals surface area contributed by atoms with E-state index < -0.39 is 12.0 Å². The largest absolute Gasteiger partial charge is 0.467 e. The summed E-state index contributed by atoms with van der Waals surface area (Å²) in [6.45, 7) is 3.73. The summed E-state index contributed by atoms with van der Waals surface area (Å²) in [5, 5.41) is 0.500. The fourth-order valence-electron chi connectivity index (χ4n) is 2.11. The van der Waals surface area contributed by atoms with Crippen LogP contribution in [0.15, 0.2) is 35.4 Å². The summed E-state index contributed by atoms with van der Waals surface area (Å²) < 4.78 is 6.11. The standard InChI is InChI=1S/C14H16N2O3/c1-9(2)12(14(18)19-3)16-8-15-11-7-5-4-6-10(11)13(16)17/h4-9,12H,1-3H3/t12-/m0/s1. The maximum Gasteiger partial charge on any atom is 0.329 e. The van der Waals surface area contributed by atoms with E-state index in [1.165, 1.54) is 18.0 Å². The van der Waals surface area contributed by atoms with Gasteiger partial charge in [-0.25, -0.2) is 9.78 Å². The Hall–Kier alpha value is -2.17. The fraction of sp³-hybridized carbons (Fsp3) is 0.357. The minimum absolute atomic E-state index is 0.0619. The number of benzene rings is 1. The van der Waals surface area contributed by atoms with Gasteiger partial charge in [-0.3, -0.25) is 9.36 Å². The lowest BCUT2D eigenvalue weighted by Gasteiger charge is -2.20. The minimum atomic E-state index is -0.658. The van der Waals surface area contributed by atoms with Crippen molar-refractivity contribution >= 4 is 16.9 Å². The lowest BCUT2D eigenvalue weighted by atomic mass is 10.0. The number of carbonyl (C=O) groups excluding carboxylic acids is 1. The third-order valence-electron chi connectivity index (χ3n) is 3.06. The van der Waals surface area contributed by atoms with E-state index in [1.807, 2.05) is 19.9 Å². The number of carbonyl (C=O) groups is 1. The molecule has 1 heterocycles. The Kier molecular flexibility index (Phi) is 3.64. The topological polar surface area (TPSA) is 61.2 Å². The van der Waals surface area contributed by atoms with Crippen LogP contribution in [0.4, 0.5) is 0 Å². The molecule has 0 bridgehead atoms. The van der Waals surface area contributed by atoms with E-state index in [1.54, 1.807) is 18.2 Å². The first kappa shape index (κ1) is 13.3. The summed E-state index contributed by atoms with van der Waals surface area (Å²) in [5.41, 5.74) is 0.394. The lowest BCUT2D eigenvalue weighted by Crippen LogP contribution is -2.34. The van der Waals surface area contributed by atoms with E-state index in [0.717, 1.165) is 0 Å². The molecule has 1 aromatic heterocycles. The minimum Gasteiger partial charge on any atom is -0.467 e. The quantitative estimate of drug-likeness (QED) is 0.789. The van der Waals surface area contributed by atoms with Gasteiger partial charge in [-0.15, -0.1) is 0 Å². The van der Waals surface area contributed by atoms with Crippen LogP contribution in [-0.2, 0) is 9.53 Å². The molecule has 0 radical (unpaired) electrons. The normalized spacial score (nSPS) is 12.6. The van der Waals surface area contributed by atoms with E-state index in [2.05, 4.69) is 4.98 Å². The zero-order valence-electron chi connectivity index (χ0n) is 11.2. The lowest BCUT2D eigenvalue weighted by molar-refractivity contribution is -0.146. The summed E-state index contributed by atoms with van der Waals surface area (Å²) in [4.78, 5) is 28.5. The molecule has 5 heteroatoms. The van der Waals surface area contributed by atoms with Crippen molar-refractivity contribution in [3.8, 4) is 0 Å². The van der Waals surface area contributed by atoms with Gasteiger partial charge in [-0.2, -0.15) is 0 Å². The van der Waals surface area contributed by atoms with Crippen molar-refractivity contribution in [3.63, 3.8) is 0 Å². The van der Waals surface area contributed by atoms with Crippen LogP contribution in [0, 0.1) is 5.92 Å². The van der Waals surface area contributed by atoms with Crippen LogP contribution in [0.2, 0.25) is 0 Å². The molecule has 2 rings (SSSR count). The van der Waals surface area contributed by atoms with Crippen LogP contribution in [0.25, 0.3) is 10.9 Å². The van der Waals surface area contributed by atoms with Crippen LogP contribution in [0.3, 0.4) is 0 Å². The first-order chi connectivity index (χ1) is 9.06. The SMILES string of the molecule is COC(=O)[C@H](C(C)C)n1cnc2ccccc2c1=O. The number of rotatable bonds is 3. The number of hydrogen-bond acceptors (Lipinski definition) is 4. The second kappa shape index (κ2) is 5.22. The van der Waals surface area contributed by atoms with E-state index in [9.17, 15) is 9.59 Å². The van der Waals surface area contributed by atoms with Gasteiger partial charge in [0.1, 0.15) is 6.04 Å². The monoisotopic (exact) mass is 260 g/mol. The molecule has 0 aliphatic heterocycles. The number of para-hydroxylation sites is 1. The molecule has 0 aliphatic rings. The van der Waals surface area contributed by atoms with Gasteiger partial charge in [0, 0.05) is 0 Å².